The molecule has 1 saturated heterocycles. The van der Waals surface area contributed by atoms with Crippen LogP contribution < -0.4 is 15.2 Å². The normalized spacial score (nSPS) is 15.1. The number of pyridine rings is 1. The van der Waals surface area contributed by atoms with Crippen molar-refractivity contribution >= 4 is 22.5 Å². The average molecular weight is 514 g/mol. The van der Waals surface area contributed by atoms with Gasteiger partial charge in [-0.2, -0.15) is 0 Å². The van der Waals surface area contributed by atoms with Crippen LogP contribution in [0.5, 0.6) is 5.75 Å². The van der Waals surface area contributed by atoms with Gasteiger partial charge in [0, 0.05) is 59.6 Å². The van der Waals surface area contributed by atoms with Crippen LogP contribution in [0.1, 0.15) is 59.5 Å². The van der Waals surface area contributed by atoms with Gasteiger partial charge in [-0.25, -0.2) is 9.97 Å². The number of ether oxygens (including phenoxy) is 1. The van der Waals surface area contributed by atoms with E-state index in [4.69, 9.17) is 4.74 Å². The number of anilines is 1. The van der Waals surface area contributed by atoms with Crippen LogP contribution in [0.25, 0.3) is 10.9 Å². The van der Waals surface area contributed by atoms with Crippen LogP contribution in [-0.2, 0) is 6.42 Å². The van der Waals surface area contributed by atoms with Crippen molar-refractivity contribution in [2.75, 3.05) is 25.1 Å². The van der Waals surface area contributed by atoms with Gasteiger partial charge < -0.3 is 19.2 Å². The predicted molar refractivity (Wildman–Crippen MR) is 149 cm³/mol. The number of nitrogens with one attached hydrogen (secondary N) is 1. The predicted octanol–water partition coefficient (Wildman–Crippen LogP) is 5.04. The Morgan fingerprint density at radius 3 is 2.66 bits per heavy atom. The zero-order valence-corrected chi connectivity index (χ0v) is 22.5. The maximum absolute atomic E-state index is 13.7. The van der Waals surface area contributed by atoms with E-state index in [0.29, 0.717) is 23.7 Å². The number of carbonyl (C=O) groups excluding carboxylic acids is 1. The lowest BCUT2D eigenvalue weighted by Crippen LogP contribution is -2.36. The zero-order chi connectivity index (χ0) is 26.8. The molecule has 0 spiro atoms. The van der Waals surface area contributed by atoms with Gasteiger partial charge in [-0.15, -0.1) is 0 Å². The number of hydrogen-bond acceptors (Lipinski definition) is 6. The molecule has 3 aromatic heterocycles. The Labute approximate surface area is 222 Å². The fraction of sp³-hybridized carbons (Fsp3) is 0.400. The summed E-state index contributed by atoms with van der Waals surface area (Å²) in [6.07, 6.45) is 6.06. The molecule has 0 saturated carbocycles. The number of H-pyrrole nitrogens is 1. The van der Waals surface area contributed by atoms with Gasteiger partial charge >= 0.3 is 0 Å². The minimum absolute atomic E-state index is 0.0465. The van der Waals surface area contributed by atoms with E-state index in [1.165, 1.54) is 0 Å². The Balaban J connectivity index is 1.39. The Kier molecular flexibility index (Phi) is 7.31. The van der Waals surface area contributed by atoms with Crippen molar-refractivity contribution in [1.82, 2.24) is 19.5 Å². The third kappa shape index (κ3) is 4.83. The first-order chi connectivity index (χ1) is 18.4. The highest BCUT2D eigenvalue weighted by molar-refractivity contribution is 6.09. The maximum atomic E-state index is 13.7. The molecule has 198 valence electrons. The number of aromatic amines is 1. The summed E-state index contributed by atoms with van der Waals surface area (Å²) < 4.78 is 7.79. The molecule has 4 aromatic rings. The van der Waals surface area contributed by atoms with Crippen LogP contribution in [0, 0.1) is 19.8 Å². The largest absolute Gasteiger partial charge is 0.496 e. The number of fused-ring (bicyclic) bond motifs is 1. The van der Waals surface area contributed by atoms with E-state index in [2.05, 4.69) is 44.3 Å². The maximum Gasteiger partial charge on any atom is 0.255 e. The number of nitrogens with zero attached hydrogens (tertiary/aromatic N) is 4. The number of rotatable bonds is 8. The summed E-state index contributed by atoms with van der Waals surface area (Å²) in [5.41, 5.74) is 3.88. The SMILES string of the molecule is COc1cc(C)[nH]c(=O)c1CCC(=O)c1c(C)n([C@H](C)C2CCN(c3ccncn3)CC2)c2ccccc12. The number of piperidine rings is 1. The fourth-order valence-corrected chi connectivity index (χ4v) is 6.03. The standard InChI is InChI=1S/C30H35N5O3/c1-19-17-27(38-4)24(30(37)33-19)9-10-26(36)29-21(3)35(25-8-6-5-7-23(25)29)20(2)22-12-15-34(16-13-22)28-11-14-31-18-32-28/h5-8,11,14,17-18,20,22H,9-10,12-13,15-16H2,1-4H3,(H,33,37)/t20-/m1/s1. The number of ketones is 1. The molecule has 8 nitrogen and oxygen atoms in total. The molecule has 1 aromatic carbocycles. The molecule has 1 aliphatic heterocycles. The Bertz CT molecular complexity index is 1500. The molecule has 4 heterocycles. The van der Waals surface area contributed by atoms with E-state index in [0.717, 1.165) is 59.6 Å². The lowest BCUT2D eigenvalue weighted by Gasteiger charge is -2.36. The van der Waals surface area contributed by atoms with Gasteiger partial charge in [-0.1, -0.05) is 18.2 Å². The average Bonchev–Trinajstić information content (AvgIpc) is 3.23. The summed E-state index contributed by atoms with van der Waals surface area (Å²) in [6.45, 7) is 8.04. The molecule has 1 aliphatic rings. The quantitative estimate of drug-likeness (QED) is 0.332. The van der Waals surface area contributed by atoms with Crippen LogP contribution in [0.3, 0.4) is 0 Å². The highest BCUT2D eigenvalue weighted by atomic mass is 16.5. The van der Waals surface area contributed by atoms with Gasteiger partial charge in [-0.05, 0) is 64.2 Å². The molecule has 0 aliphatic carbocycles. The third-order valence-corrected chi connectivity index (χ3v) is 8.01. The van der Waals surface area contributed by atoms with E-state index in [9.17, 15) is 9.59 Å². The molecule has 0 bridgehead atoms. The number of benzene rings is 1. The first-order valence-corrected chi connectivity index (χ1v) is 13.3. The van der Waals surface area contributed by atoms with Gasteiger partial charge in [0.25, 0.3) is 5.56 Å². The number of carbonyl (C=O) groups is 1. The van der Waals surface area contributed by atoms with Crippen LogP contribution >= 0.6 is 0 Å². The number of Topliss-reactive ketones (excluding diaryl/α,β-unsaturated/α-hetero) is 1. The first-order valence-electron chi connectivity index (χ1n) is 13.3. The van der Waals surface area contributed by atoms with Crippen LogP contribution in [0.15, 0.2) is 53.7 Å². The highest BCUT2D eigenvalue weighted by Crippen LogP contribution is 2.36. The molecular formula is C30H35N5O3. The highest BCUT2D eigenvalue weighted by Gasteiger charge is 2.29. The van der Waals surface area contributed by atoms with Crippen molar-refractivity contribution in [2.24, 2.45) is 5.92 Å². The van der Waals surface area contributed by atoms with Gasteiger partial charge in [0.05, 0.1) is 12.7 Å². The van der Waals surface area contributed by atoms with Crippen molar-refractivity contribution < 1.29 is 9.53 Å². The lowest BCUT2D eigenvalue weighted by molar-refractivity contribution is 0.0983. The summed E-state index contributed by atoms with van der Waals surface area (Å²) in [7, 11) is 1.55. The van der Waals surface area contributed by atoms with Crippen molar-refractivity contribution in [3.8, 4) is 5.75 Å². The molecule has 8 heteroatoms. The molecule has 38 heavy (non-hydrogen) atoms. The lowest BCUT2D eigenvalue weighted by atomic mass is 9.90. The van der Waals surface area contributed by atoms with Crippen LogP contribution in [-0.4, -0.2) is 45.5 Å². The van der Waals surface area contributed by atoms with Crippen molar-refractivity contribution in [3.05, 3.63) is 81.8 Å². The number of methoxy groups -OCH3 is 1. The molecule has 1 N–H and O–H groups in total. The van der Waals surface area contributed by atoms with E-state index < -0.39 is 0 Å². The van der Waals surface area contributed by atoms with Crippen LogP contribution in [0.4, 0.5) is 5.82 Å². The summed E-state index contributed by atoms with van der Waals surface area (Å²) in [4.78, 5) is 39.8. The van der Waals surface area contributed by atoms with Gasteiger partial charge in [0.2, 0.25) is 0 Å². The second-order valence-corrected chi connectivity index (χ2v) is 10.2. The van der Waals surface area contributed by atoms with E-state index >= 15 is 0 Å². The van der Waals surface area contributed by atoms with Gasteiger partial charge in [-0.3, -0.25) is 9.59 Å². The third-order valence-electron chi connectivity index (χ3n) is 8.01. The van der Waals surface area contributed by atoms with Gasteiger partial charge in [0.15, 0.2) is 5.78 Å². The summed E-state index contributed by atoms with van der Waals surface area (Å²) >= 11 is 0. The molecule has 0 amide bonds. The molecule has 0 unspecified atom stereocenters. The van der Waals surface area contributed by atoms with Crippen molar-refractivity contribution in [2.45, 2.75) is 52.5 Å². The van der Waals surface area contributed by atoms with Gasteiger partial charge in [0.1, 0.15) is 17.9 Å². The molecular weight excluding hydrogens is 478 g/mol. The minimum atomic E-state index is -0.198. The number of para-hydroxylation sites is 1. The monoisotopic (exact) mass is 513 g/mol. The second kappa shape index (κ2) is 10.8. The molecule has 0 radical (unpaired) electrons. The number of hydrogen-bond donors (Lipinski definition) is 1. The number of aromatic nitrogens is 4. The molecule has 1 fully saturated rings. The summed E-state index contributed by atoms with van der Waals surface area (Å²) in [5.74, 6) is 2.04. The summed E-state index contributed by atoms with van der Waals surface area (Å²) in [5, 5.41) is 0.977. The van der Waals surface area contributed by atoms with E-state index in [-0.39, 0.29) is 23.8 Å². The van der Waals surface area contributed by atoms with E-state index in [1.54, 1.807) is 25.7 Å². The van der Waals surface area contributed by atoms with E-state index in [1.807, 2.05) is 31.2 Å². The number of aryl methyl sites for hydroxylation is 1. The van der Waals surface area contributed by atoms with Crippen molar-refractivity contribution in [3.63, 3.8) is 0 Å². The second-order valence-electron chi connectivity index (χ2n) is 10.2. The van der Waals surface area contributed by atoms with Crippen molar-refractivity contribution in [1.29, 1.82) is 0 Å². The Morgan fingerprint density at radius 1 is 1.18 bits per heavy atom. The topological polar surface area (TPSA) is 93.1 Å². The molecule has 1 atom stereocenters. The summed E-state index contributed by atoms with van der Waals surface area (Å²) in [6, 6.07) is 12.2. The minimum Gasteiger partial charge on any atom is -0.496 e. The first kappa shape index (κ1) is 25.7. The van der Waals surface area contributed by atoms with Crippen LogP contribution in [0.2, 0.25) is 0 Å². The molecule has 5 rings (SSSR count). The fourth-order valence-electron chi connectivity index (χ4n) is 6.03. The zero-order valence-electron chi connectivity index (χ0n) is 22.5. The Hall–Kier alpha value is -3.94. The Morgan fingerprint density at radius 2 is 1.95 bits per heavy atom. The smallest absolute Gasteiger partial charge is 0.255 e.